The summed E-state index contributed by atoms with van der Waals surface area (Å²) in [6.45, 7) is 16.1. The van der Waals surface area contributed by atoms with Gasteiger partial charge in [0.2, 0.25) is 0 Å². The third-order valence-corrected chi connectivity index (χ3v) is 5.44. The van der Waals surface area contributed by atoms with Crippen molar-refractivity contribution < 1.29 is 42.9 Å². The lowest BCUT2D eigenvalue weighted by molar-refractivity contribution is -0.929. The molecule has 0 aliphatic carbocycles. The van der Waals surface area contributed by atoms with Gasteiger partial charge in [-0.25, -0.2) is 0 Å². The van der Waals surface area contributed by atoms with Crippen LogP contribution in [0.1, 0.15) is 84.6 Å². The molecule has 0 N–H and O–H groups in total. The van der Waals surface area contributed by atoms with Crippen molar-refractivity contribution in [2.45, 2.75) is 85.6 Å². The Morgan fingerprint density at radius 2 is 0.900 bits per heavy atom. The first-order valence-electron chi connectivity index (χ1n) is 12.0. The second-order valence-corrected chi connectivity index (χ2v) is 9.58. The average molecular weight is 553 g/mol. The van der Waals surface area contributed by atoms with E-state index >= 15 is 0 Å². The molecule has 1 rings (SSSR count). The van der Waals surface area contributed by atoms with Gasteiger partial charge >= 0.3 is 0 Å². The average Bonchev–Trinajstić information content (AvgIpc) is 2.67. The fourth-order valence-corrected chi connectivity index (χ4v) is 3.78. The van der Waals surface area contributed by atoms with Crippen molar-refractivity contribution in [3.8, 4) is 0 Å². The Morgan fingerprint density at radius 1 is 0.567 bits per heavy atom. The van der Waals surface area contributed by atoms with E-state index in [0.29, 0.717) is 0 Å². The molecule has 1 aromatic carbocycles. The van der Waals surface area contributed by atoms with Crippen LogP contribution >= 0.6 is 0 Å². The van der Waals surface area contributed by atoms with Crippen molar-refractivity contribution in [1.29, 1.82) is 0 Å². The standard InChI is InChI=1S/C16H36N.C10H16N.2BrH/c1-5-9-13-17(14-10-6-2,15-11-7-3)16-12-8-4;1-11(2,3)9-10-7-5-4-6-8-10;;/h5-16H2,1-4H3;4-8H,9H2,1-3H3;2*1H/q2*+1;;/p-2. The Kier molecular flexibility index (Phi) is 24.3. The van der Waals surface area contributed by atoms with Crippen LogP contribution in [0.5, 0.6) is 0 Å². The highest BCUT2D eigenvalue weighted by atomic mass is 79.9. The summed E-state index contributed by atoms with van der Waals surface area (Å²) in [6, 6.07) is 10.6. The van der Waals surface area contributed by atoms with E-state index in [1.807, 2.05) is 0 Å². The van der Waals surface area contributed by atoms with E-state index in [1.54, 1.807) is 0 Å². The van der Waals surface area contributed by atoms with E-state index in [1.165, 1.54) is 87.6 Å². The Morgan fingerprint density at radius 3 is 1.17 bits per heavy atom. The fourth-order valence-electron chi connectivity index (χ4n) is 3.78. The zero-order chi connectivity index (χ0) is 21.3. The van der Waals surface area contributed by atoms with Crippen LogP contribution in [0.25, 0.3) is 0 Å². The van der Waals surface area contributed by atoms with Crippen LogP contribution in [0.2, 0.25) is 0 Å². The highest BCUT2D eigenvalue weighted by Crippen LogP contribution is 2.16. The van der Waals surface area contributed by atoms with Crippen LogP contribution in [-0.4, -0.2) is 56.3 Å². The molecule has 30 heavy (non-hydrogen) atoms. The summed E-state index contributed by atoms with van der Waals surface area (Å²) < 4.78 is 2.41. The lowest BCUT2D eigenvalue weighted by atomic mass is 10.1. The molecule has 0 aliphatic rings. The first kappa shape index (κ1) is 34.7. The van der Waals surface area contributed by atoms with E-state index < -0.39 is 0 Å². The van der Waals surface area contributed by atoms with Crippen LogP contribution in [-0.2, 0) is 6.54 Å². The van der Waals surface area contributed by atoms with Crippen LogP contribution in [0.3, 0.4) is 0 Å². The van der Waals surface area contributed by atoms with Gasteiger partial charge in [-0.1, -0.05) is 83.7 Å². The lowest BCUT2D eigenvalue weighted by Crippen LogP contribution is -3.00. The number of unbranched alkanes of at least 4 members (excludes halogenated alkanes) is 4. The normalized spacial score (nSPS) is 11.0. The van der Waals surface area contributed by atoms with E-state index in [-0.39, 0.29) is 34.0 Å². The number of halogens is 2. The monoisotopic (exact) mass is 550 g/mol. The predicted molar refractivity (Wildman–Crippen MR) is 128 cm³/mol. The number of hydrogen-bond acceptors (Lipinski definition) is 0. The zero-order valence-corrected chi connectivity index (χ0v) is 24.4. The van der Waals surface area contributed by atoms with Crippen molar-refractivity contribution in [2.75, 3.05) is 47.3 Å². The number of quaternary nitrogens is 2. The Labute approximate surface area is 211 Å². The van der Waals surface area contributed by atoms with Gasteiger partial charge in [-0.15, -0.1) is 0 Å². The summed E-state index contributed by atoms with van der Waals surface area (Å²) in [6.07, 6.45) is 11.1. The zero-order valence-electron chi connectivity index (χ0n) is 21.2. The number of nitrogens with zero attached hydrogens (tertiary/aromatic N) is 2. The summed E-state index contributed by atoms with van der Waals surface area (Å²) in [5.41, 5.74) is 1.40. The van der Waals surface area contributed by atoms with Crippen molar-refractivity contribution >= 4 is 0 Å². The topological polar surface area (TPSA) is 0 Å². The smallest absolute Gasteiger partial charge is 0.104 e. The maximum Gasteiger partial charge on any atom is 0.104 e. The van der Waals surface area contributed by atoms with Crippen molar-refractivity contribution in [3.63, 3.8) is 0 Å². The molecule has 0 unspecified atom stereocenters. The molecule has 0 aliphatic heterocycles. The van der Waals surface area contributed by atoms with Gasteiger partial charge in [0.05, 0.1) is 47.3 Å². The minimum absolute atomic E-state index is 0. The molecule has 0 fully saturated rings. The lowest BCUT2D eigenvalue weighted by Gasteiger charge is -2.39. The third kappa shape index (κ3) is 18.8. The van der Waals surface area contributed by atoms with Gasteiger partial charge in [-0.3, -0.25) is 0 Å². The Hall–Kier alpha value is 0.1000. The first-order valence-corrected chi connectivity index (χ1v) is 12.0. The molecule has 0 amide bonds. The van der Waals surface area contributed by atoms with Gasteiger partial charge in [0.25, 0.3) is 0 Å². The van der Waals surface area contributed by atoms with Crippen LogP contribution in [0, 0.1) is 0 Å². The molecule has 0 heterocycles. The molecular weight excluding hydrogens is 500 g/mol. The second-order valence-electron chi connectivity index (χ2n) is 9.58. The van der Waals surface area contributed by atoms with Crippen molar-refractivity contribution in [3.05, 3.63) is 35.9 Å². The van der Waals surface area contributed by atoms with Gasteiger partial charge in [0, 0.05) is 5.56 Å². The molecule has 0 aromatic heterocycles. The van der Waals surface area contributed by atoms with Gasteiger partial charge < -0.3 is 42.9 Å². The van der Waals surface area contributed by atoms with Crippen molar-refractivity contribution in [1.82, 2.24) is 0 Å². The van der Waals surface area contributed by atoms with E-state index in [9.17, 15) is 0 Å². The second kappa shape index (κ2) is 21.0. The molecule has 0 spiro atoms. The molecular formula is C26H52Br2N2. The van der Waals surface area contributed by atoms with Crippen LogP contribution < -0.4 is 34.0 Å². The number of benzene rings is 1. The highest BCUT2D eigenvalue weighted by molar-refractivity contribution is 5.13. The molecule has 4 heteroatoms. The van der Waals surface area contributed by atoms with Gasteiger partial charge in [-0.05, 0) is 25.7 Å². The summed E-state index contributed by atoms with van der Waals surface area (Å²) in [4.78, 5) is 0. The number of hydrogen-bond donors (Lipinski definition) is 0. The van der Waals surface area contributed by atoms with Crippen molar-refractivity contribution in [2.24, 2.45) is 0 Å². The van der Waals surface area contributed by atoms with Crippen LogP contribution in [0.15, 0.2) is 30.3 Å². The molecule has 0 saturated heterocycles. The van der Waals surface area contributed by atoms with E-state index in [2.05, 4.69) is 79.2 Å². The molecule has 0 saturated carbocycles. The maximum atomic E-state index is 2.33. The van der Waals surface area contributed by atoms with Gasteiger partial charge in [-0.2, -0.15) is 0 Å². The minimum Gasteiger partial charge on any atom is -1.00 e. The maximum absolute atomic E-state index is 2.33. The van der Waals surface area contributed by atoms with Gasteiger partial charge in [0.1, 0.15) is 6.54 Å². The summed E-state index contributed by atoms with van der Waals surface area (Å²) in [7, 11) is 6.60. The summed E-state index contributed by atoms with van der Waals surface area (Å²) in [5.74, 6) is 0. The highest BCUT2D eigenvalue weighted by Gasteiger charge is 2.24. The molecule has 2 nitrogen and oxygen atoms in total. The third-order valence-electron chi connectivity index (χ3n) is 5.44. The van der Waals surface area contributed by atoms with Crippen LogP contribution in [0.4, 0.5) is 0 Å². The molecule has 0 radical (unpaired) electrons. The first-order chi connectivity index (χ1) is 13.3. The largest absolute Gasteiger partial charge is 1.00 e. The molecule has 0 bridgehead atoms. The minimum atomic E-state index is 0. The Balaban J connectivity index is -0.000000489. The predicted octanol–water partition coefficient (Wildman–Crippen LogP) is 0.904. The fraction of sp³-hybridized carbons (Fsp3) is 0.769. The quantitative estimate of drug-likeness (QED) is 0.301. The van der Waals surface area contributed by atoms with Gasteiger partial charge in [0.15, 0.2) is 0 Å². The van der Waals surface area contributed by atoms with E-state index in [4.69, 9.17) is 0 Å². The molecule has 180 valence electrons. The SMILES string of the molecule is CCCC[N+](CCCC)(CCCC)CCCC.C[N+](C)(C)Cc1ccccc1.[Br-].[Br-]. The molecule has 1 aromatic rings. The van der Waals surface area contributed by atoms with E-state index in [0.717, 1.165) is 11.0 Å². The Bertz CT molecular complexity index is 420. The molecule has 0 atom stereocenters. The summed E-state index contributed by atoms with van der Waals surface area (Å²) >= 11 is 0. The number of rotatable bonds is 14. The summed E-state index contributed by atoms with van der Waals surface area (Å²) in [5, 5.41) is 0.